The molecule has 4 heteroatoms. The zero-order chi connectivity index (χ0) is 11.5. The van der Waals surface area contributed by atoms with Gasteiger partial charge in [0.2, 0.25) is 5.91 Å². The lowest BCUT2D eigenvalue weighted by Crippen LogP contribution is -2.20. The standard InChI is InChI=1S/C12H12ClNO2/c13-10-7-9(15)5-6-11(10)14-12(16)8-3-1-2-4-8/h1-2,5-8,15H,3-4H2,(H,14,16). The Morgan fingerprint density at radius 2 is 2.06 bits per heavy atom. The van der Waals surface area contributed by atoms with Gasteiger partial charge in [-0.05, 0) is 25.0 Å². The average molecular weight is 238 g/mol. The third-order valence-corrected chi connectivity index (χ3v) is 2.90. The molecule has 1 amide bonds. The topological polar surface area (TPSA) is 49.3 Å². The molecular formula is C12H12ClNO2. The number of amides is 1. The Bertz CT molecular complexity index is 435. The van der Waals surface area contributed by atoms with Crippen LogP contribution in [0.15, 0.2) is 30.4 Å². The largest absolute Gasteiger partial charge is 0.508 e. The first-order chi connectivity index (χ1) is 7.66. The van der Waals surface area contributed by atoms with Crippen molar-refractivity contribution in [1.82, 2.24) is 0 Å². The van der Waals surface area contributed by atoms with Crippen LogP contribution >= 0.6 is 11.6 Å². The quantitative estimate of drug-likeness (QED) is 0.614. The predicted molar refractivity (Wildman–Crippen MR) is 63.6 cm³/mol. The molecule has 16 heavy (non-hydrogen) atoms. The fourth-order valence-corrected chi connectivity index (χ4v) is 1.89. The van der Waals surface area contributed by atoms with Crippen molar-refractivity contribution in [3.8, 4) is 5.75 Å². The minimum absolute atomic E-state index is 0.00451. The second-order valence-corrected chi connectivity index (χ2v) is 4.20. The van der Waals surface area contributed by atoms with Gasteiger partial charge in [0.1, 0.15) is 5.75 Å². The Morgan fingerprint density at radius 3 is 2.69 bits per heavy atom. The van der Waals surface area contributed by atoms with Crippen LogP contribution < -0.4 is 5.32 Å². The number of rotatable bonds is 2. The van der Waals surface area contributed by atoms with Crippen LogP contribution in [0.3, 0.4) is 0 Å². The summed E-state index contributed by atoms with van der Waals surface area (Å²) < 4.78 is 0. The number of phenols is 1. The number of hydrogen-bond donors (Lipinski definition) is 2. The molecule has 0 spiro atoms. The summed E-state index contributed by atoms with van der Waals surface area (Å²) in [5, 5.41) is 12.3. The molecule has 1 aliphatic carbocycles. The molecular weight excluding hydrogens is 226 g/mol. The van der Waals surface area contributed by atoms with Gasteiger partial charge in [-0.3, -0.25) is 4.79 Å². The maximum Gasteiger partial charge on any atom is 0.228 e. The lowest BCUT2D eigenvalue weighted by atomic mass is 10.1. The molecule has 1 aromatic rings. The zero-order valence-corrected chi connectivity index (χ0v) is 9.37. The van der Waals surface area contributed by atoms with Crippen LogP contribution in [0, 0.1) is 5.92 Å². The maximum absolute atomic E-state index is 11.8. The number of anilines is 1. The molecule has 1 aromatic carbocycles. The van der Waals surface area contributed by atoms with Gasteiger partial charge in [0.25, 0.3) is 0 Å². The fourth-order valence-electron chi connectivity index (χ4n) is 1.67. The van der Waals surface area contributed by atoms with E-state index in [0.29, 0.717) is 10.7 Å². The molecule has 0 bridgehead atoms. The molecule has 1 aliphatic rings. The summed E-state index contributed by atoms with van der Waals surface area (Å²) in [6.07, 6.45) is 5.56. The van der Waals surface area contributed by atoms with Crippen molar-refractivity contribution in [2.45, 2.75) is 12.8 Å². The Morgan fingerprint density at radius 1 is 1.38 bits per heavy atom. The maximum atomic E-state index is 11.8. The van der Waals surface area contributed by atoms with Crippen LogP contribution in [0.25, 0.3) is 0 Å². The Hall–Kier alpha value is -1.48. The highest BCUT2D eigenvalue weighted by molar-refractivity contribution is 6.33. The SMILES string of the molecule is O=C(Nc1ccc(O)cc1Cl)C1CC=CC1. The summed E-state index contributed by atoms with van der Waals surface area (Å²) >= 11 is 5.89. The normalized spacial score (nSPS) is 15.3. The minimum atomic E-state index is -0.0300. The van der Waals surface area contributed by atoms with Crippen molar-refractivity contribution >= 4 is 23.2 Å². The van der Waals surface area contributed by atoms with E-state index in [1.54, 1.807) is 6.07 Å². The number of halogens is 1. The summed E-state index contributed by atoms with van der Waals surface area (Å²) in [7, 11) is 0. The van der Waals surface area contributed by atoms with E-state index in [2.05, 4.69) is 5.32 Å². The third-order valence-electron chi connectivity index (χ3n) is 2.59. The van der Waals surface area contributed by atoms with Crippen molar-refractivity contribution in [2.24, 2.45) is 5.92 Å². The van der Waals surface area contributed by atoms with E-state index in [0.717, 1.165) is 12.8 Å². The van der Waals surface area contributed by atoms with E-state index in [4.69, 9.17) is 11.6 Å². The lowest BCUT2D eigenvalue weighted by Gasteiger charge is -2.11. The van der Waals surface area contributed by atoms with E-state index in [1.165, 1.54) is 12.1 Å². The second kappa shape index (κ2) is 4.58. The molecule has 0 aliphatic heterocycles. The van der Waals surface area contributed by atoms with Crippen LogP contribution in [0.2, 0.25) is 5.02 Å². The molecule has 0 unspecified atom stereocenters. The van der Waals surface area contributed by atoms with Crippen molar-refractivity contribution in [2.75, 3.05) is 5.32 Å². The van der Waals surface area contributed by atoms with Gasteiger partial charge in [-0.2, -0.15) is 0 Å². The van der Waals surface area contributed by atoms with Crippen LogP contribution in [0.1, 0.15) is 12.8 Å². The number of carbonyl (C=O) groups is 1. The van der Waals surface area contributed by atoms with Crippen LogP contribution in [-0.4, -0.2) is 11.0 Å². The molecule has 0 fully saturated rings. The molecule has 0 atom stereocenters. The zero-order valence-electron chi connectivity index (χ0n) is 8.61. The highest BCUT2D eigenvalue weighted by atomic mass is 35.5. The fraction of sp³-hybridized carbons (Fsp3) is 0.250. The van der Waals surface area contributed by atoms with E-state index >= 15 is 0 Å². The van der Waals surface area contributed by atoms with Crippen molar-refractivity contribution in [1.29, 1.82) is 0 Å². The molecule has 3 nitrogen and oxygen atoms in total. The molecule has 2 rings (SSSR count). The Labute approximate surface area is 98.7 Å². The van der Waals surface area contributed by atoms with Gasteiger partial charge >= 0.3 is 0 Å². The summed E-state index contributed by atoms with van der Waals surface area (Å²) in [6.45, 7) is 0. The first-order valence-electron chi connectivity index (χ1n) is 5.11. The molecule has 0 aromatic heterocycles. The van der Waals surface area contributed by atoms with Gasteiger partial charge in [0.05, 0.1) is 10.7 Å². The molecule has 0 saturated heterocycles. The number of carbonyl (C=O) groups excluding carboxylic acids is 1. The summed E-state index contributed by atoms with van der Waals surface area (Å²) in [4.78, 5) is 11.8. The molecule has 0 saturated carbocycles. The van der Waals surface area contributed by atoms with Crippen molar-refractivity contribution < 1.29 is 9.90 Å². The van der Waals surface area contributed by atoms with Crippen molar-refractivity contribution in [3.63, 3.8) is 0 Å². The number of aromatic hydroxyl groups is 1. The van der Waals surface area contributed by atoms with Gasteiger partial charge in [0.15, 0.2) is 0 Å². The van der Waals surface area contributed by atoms with E-state index in [9.17, 15) is 9.90 Å². The summed E-state index contributed by atoms with van der Waals surface area (Å²) in [5.74, 6) is 0.0630. The highest BCUT2D eigenvalue weighted by Crippen LogP contribution is 2.27. The summed E-state index contributed by atoms with van der Waals surface area (Å²) in [5.41, 5.74) is 0.538. The van der Waals surface area contributed by atoms with Gasteiger partial charge in [-0.1, -0.05) is 23.8 Å². The smallest absolute Gasteiger partial charge is 0.228 e. The van der Waals surface area contributed by atoms with E-state index in [1.807, 2.05) is 12.2 Å². The van der Waals surface area contributed by atoms with Crippen LogP contribution in [0.5, 0.6) is 5.75 Å². The number of allylic oxidation sites excluding steroid dienone is 2. The molecule has 2 N–H and O–H groups in total. The first-order valence-corrected chi connectivity index (χ1v) is 5.49. The van der Waals surface area contributed by atoms with Crippen LogP contribution in [-0.2, 0) is 4.79 Å². The molecule has 84 valence electrons. The van der Waals surface area contributed by atoms with Gasteiger partial charge in [-0.25, -0.2) is 0 Å². The summed E-state index contributed by atoms with van der Waals surface area (Å²) in [6, 6.07) is 4.50. The lowest BCUT2D eigenvalue weighted by molar-refractivity contribution is -0.119. The number of nitrogens with one attached hydrogen (secondary N) is 1. The van der Waals surface area contributed by atoms with Crippen molar-refractivity contribution in [3.05, 3.63) is 35.4 Å². The molecule has 0 heterocycles. The predicted octanol–water partition coefficient (Wildman–Crippen LogP) is 2.95. The highest BCUT2D eigenvalue weighted by Gasteiger charge is 2.19. The van der Waals surface area contributed by atoms with Crippen LogP contribution in [0.4, 0.5) is 5.69 Å². The average Bonchev–Trinajstić information content (AvgIpc) is 2.75. The second-order valence-electron chi connectivity index (χ2n) is 3.79. The number of phenolic OH excluding ortho intramolecular Hbond substituents is 1. The number of hydrogen-bond acceptors (Lipinski definition) is 2. The molecule has 0 radical (unpaired) electrons. The number of benzene rings is 1. The minimum Gasteiger partial charge on any atom is -0.508 e. The third kappa shape index (κ3) is 2.36. The van der Waals surface area contributed by atoms with E-state index in [-0.39, 0.29) is 17.6 Å². The van der Waals surface area contributed by atoms with Gasteiger partial charge in [-0.15, -0.1) is 0 Å². The van der Waals surface area contributed by atoms with Gasteiger partial charge < -0.3 is 10.4 Å². The van der Waals surface area contributed by atoms with E-state index < -0.39 is 0 Å². The Kier molecular flexibility index (Phi) is 3.15. The Balaban J connectivity index is 2.06. The monoisotopic (exact) mass is 237 g/mol. The first kappa shape index (κ1) is 11.0. The van der Waals surface area contributed by atoms with Gasteiger partial charge in [0, 0.05) is 12.0 Å².